The molecule has 0 spiro atoms. The molecule has 1 saturated carbocycles. The SMILES string of the molecule is NCCCCCCCN1CCC2CCCCC21. The lowest BCUT2D eigenvalue weighted by Gasteiger charge is -2.31. The van der Waals surface area contributed by atoms with Crippen molar-refractivity contribution in [2.24, 2.45) is 11.7 Å². The van der Waals surface area contributed by atoms with Crippen LogP contribution in [0, 0.1) is 5.92 Å². The molecule has 1 aliphatic carbocycles. The van der Waals surface area contributed by atoms with E-state index in [-0.39, 0.29) is 0 Å². The van der Waals surface area contributed by atoms with E-state index in [9.17, 15) is 0 Å². The Morgan fingerprint density at radius 3 is 2.53 bits per heavy atom. The first kappa shape index (κ1) is 13.4. The second-order valence-electron chi connectivity index (χ2n) is 5.99. The molecule has 0 aromatic heterocycles. The zero-order chi connectivity index (χ0) is 11.9. The van der Waals surface area contributed by atoms with Gasteiger partial charge in [0.05, 0.1) is 0 Å². The van der Waals surface area contributed by atoms with Crippen LogP contribution in [0.5, 0.6) is 0 Å². The summed E-state index contributed by atoms with van der Waals surface area (Å²) < 4.78 is 0. The van der Waals surface area contributed by atoms with Crippen molar-refractivity contribution in [3.63, 3.8) is 0 Å². The number of hydrogen-bond donors (Lipinski definition) is 1. The predicted molar refractivity (Wildman–Crippen MR) is 74.1 cm³/mol. The van der Waals surface area contributed by atoms with Crippen LogP contribution in [0.25, 0.3) is 0 Å². The van der Waals surface area contributed by atoms with Crippen LogP contribution in [-0.4, -0.2) is 30.6 Å². The van der Waals surface area contributed by atoms with Crippen LogP contribution in [0.2, 0.25) is 0 Å². The van der Waals surface area contributed by atoms with Crippen LogP contribution < -0.4 is 5.73 Å². The van der Waals surface area contributed by atoms with Crippen LogP contribution in [0.3, 0.4) is 0 Å². The van der Waals surface area contributed by atoms with Crippen LogP contribution in [0.4, 0.5) is 0 Å². The van der Waals surface area contributed by atoms with Gasteiger partial charge in [0.2, 0.25) is 0 Å². The summed E-state index contributed by atoms with van der Waals surface area (Å²) in [5, 5.41) is 0. The lowest BCUT2D eigenvalue weighted by molar-refractivity contribution is 0.179. The fourth-order valence-electron chi connectivity index (χ4n) is 3.77. The molecule has 2 fully saturated rings. The molecule has 0 aromatic carbocycles. The monoisotopic (exact) mass is 238 g/mol. The Kier molecular flexibility index (Phi) is 5.79. The van der Waals surface area contributed by atoms with Gasteiger partial charge in [0.15, 0.2) is 0 Å². The Balaban J connectivity index is 1.56. The van der Waals surface area contributed by atoms with E-state index < -0.39 is 0 Å². The summed E-state index contributed by atoms with van der Waals surface area (Å²) in [6, 6.07) is 0.966. The smallest absolute Gasteiger partial charge is 0.0124 e. The molecule has 0 aromatic rings. The number of likely N-dealkylation sites (tertiary alicyclic amines) is 1. The first-order valence-corrected chi connectivity index (χ1v) is 7.86. The Bertz CT molecular complexity index is 205. The highest BCUT2D eigenvalue weighted by atomic mass is 15.2. The zero-order valence-electron chi connectivity index (χ0n) is 11.4. The highest BCUT2D eigenvalue weighted by molar-refractivity contribution is 4.89. The van der Waals surface area contributed by atoms with Crippen molar-refractivity contribution in [3.8, 4) is 0 Å². The fraction of sp³-hybridized carbons (Fsp3) is 1.00. The lowest BCUT2D eigenvalue weighted by Crippen LogP contribution is -2.35. The van der Waals surface area contributed by atoms with Gasteiger partial charge in [-0.25, -0.2) is 0 Å². The van der Waals surface area contributed by atoms with Gasteiger partial charge in [0.1, 0.15) is 0 Å². The second-order valence-corrected chi connectivity index (χ2v) is 5.99. The van der Waals surface area contributed by atoms with Crippen molar-refractivity contribution in [1.82, 2.24) is 4.90 Å². The minimum Gasteiger partial charge on any atom is -0.330 e. The molecule has 2 rings (SSSR count). The van der Waals surface area contributed by atoms with E-state index in [4.69, 9.17) is 5.73 Å². The molecule has 1 saturated heterocycles. The molecule has 2 atom stereocenters. The topological polar surface area (TPSA) is 29.3 Å². The average molecular weight is 238 g/mol. The molecule has 17 heavy (non-hydrogen) atoms. The van der Waals surface area contributed by atoms with Gasteiger partial charge >= 0.3 is 0 Å². The Morgan fingerprint density at radius 2 is 1.65 bits per heavy atom. The van der Waals surface area contributed by atoms with Crippen molar-refractivity contribution < 1.29 is 0 Å². The van der Waals surface area contributed by atoms with Gasteiger partial charge in [0, 0.05) is 6.04 Å². The number of unbranched alkanes of at least 4 members (excludes halogenated alkanes) is 4. The quantitative estimate of drug-likeness (QED) is 0.690. The van der Waals surface area contributed by atoms with Crippen LogP contribution >= 0.6 is 0 Å². The number of nitrogens with zero attached hydrogens (tertiary/aromatic N) is 1. The molecule has 2 unspecified atom stereocenters. The molecule has 1 aliphatic heterocycles. The lowest BCUT2D eigenvalue weighted by atomic mass is 9.85. The summed E-state index contributed by atoms with van der Waals surface area (Å²) in [4.78, 5) is 2.80. The van der Waals surface area contributed by atoms with Gasteiger partial charge in [-0.15, -0.1) is 0 Å². The number of rotatable bonds is 7. The van der Waals surface area contributed by atoms with Crippen LogP contribution in [0.15, 0.2) is 0 Å². The Labute approximate surface area is 107 Å². The molecule has 0 bridgehead atoms. The zero-order valence-corrected chi connectivity index (χ0v) is 11.4. The van der Waals surface area contributed by atoms with Crippen LogP contribution in [-0.2, 0) is 0 Å². The summed E-state index contributed by atoms with van der Waals surface area (Å²) in [5.41, 5.74) is 5.51. The van der Waals surface area contributed by atoms with Crippen LogP contribution in [0.1, 0.15) is 64.2 Å². The number of hydrogen-bond acceptors (Lipinski definition) is 2. The number of fused-ring (bicyclic) bond motifs is 1. The predicted octanol–water partition coefficient (Wildman–Crippen LogP) is 3.16. The maximum atomic E-state index is 5.51. The summed E-state index contributed by atoms with van der Waals surface area (Å²) >= 11 is 0. The van der Waals surface area contributed by atoms with Crippen molar-refractivity contribution in [2.75, 3.05) is 19.6 Å². The Hall–Kier alpha value is -0.0800. The maximum Gasteiger partial charge on any atom is 0.0124 e. The molecule has 2 N–H and O–H groups in total. The molecule has 0 amide bonds. The summed E-state index contributed by atoms with van der Waals surface area (Å²) in [7, 11) is 0. The largest absolute Gasteiger partial charge is 0.330 e. The second kappa shape index (κ2) is 7.38. The van der Waals surface area contributed by atoms with E-state index in [0.717, 1.165) is 18.5 Å². The standard InChI is InChI=1S/C15H30N2/c16-11-6-2-1-3-7-12-17-13-10-14-8-4-5-9-15(14)17/h14-15H,1-13,16H2. The van der Waals surface area contributed by atoms with E-state index in [1.54, 1.807) is 0 Å². The molecule has 2 heteroatoms. The van der Waals surface area contributed by atoms with Crippen molar-refractivity contribution >= 4 is 0 Å². The van der Waals surface area contributed by atoms with E-state index >= 15 is 0 Å². The third-order valence-electron chi connectivity index (χ3n) is 4.77. The first-order valence-electron chi connectivity index (χ1n) is 7.86. The van der Waals surface area contributed by atoms with Crippen molar-refractivity contribution in [2.45, 2.75) is 70.3 Å². The van der Waals surface area contributed by atoms with E-state index in [1.165, 1.54) is 77.3 Å². The van der Waals surface area contributed by atoms with Crippen molar-refractivity contribution in [3.05, 3.63) is 0 Å². The maximum absolute atomic E-state index is 5.51. The molecular weight excluding hydrogens is 208 g/mol. The minimum absolute atomic E-state index is 0.871. The van der Waals surface area contributed by atoms with E-state index in [2.05, 4.69) is 4.90 Å². The molecular formula is C15H30N2. The molecule has 2 aliphatic rings. The van der Waals surface area contributed by atoms with Gasteiger partial charge < -0.3 is 10.6 Å². The average Bonchev–Trinajstić information content (AvgIpc) is 2.77. The van der Waals surface area contributed by atoms with Gasteiger partial charge in [0.25, 0.3) is 0 Å². The third kappa shape index (κ3) is 3.96. The van der Waals surface area contributed by atoms with E-state index in [0.29, 0.717) is 0 Å². The van der Waals surface area contributed by atoms with Gasteiger partial charge in [-0.3, -0.25) is 0 Å². The molecule has 1 heterocycles. The van der Waals surface area contributed by atoms with Gasteiger partial charge in [-0.1, -0.05) is 32.1 Å². The molecule has 2 nitrogen and oxygen atoms in total. The summed E-state index contributed by atoms with van der Waals surface area (Å²) in [5.74, 6) is 1.06. The summed E-state index contributed by atoms with van der Waals surface area (Å²) in [6.45, 7) is 3.62. The van der Waals surface area contributed by atoms with E-state index in [1.807, 2.05) is 0 Å². The highest BCUT2D eigenvalue weighted by Crippen LogP contribution is 2.36. The minimum atomic E-state index is 0.871. The summed E-state index contributed by atoms with van der Waals surface area (Å²) in [6.07, 6.45) is 14.2. The number of nitrogens with two attached hydrogens (primary N) is 1. The van der Waals surface area contributed by atoms with Gasteiger partial charge in [-0.2, -0.15) is 0 Å². The fourth-order valence-corrected chi connectivity index (χ4v) is 3.77. The normalized spacial score (nSPS) is 29.5. The molecule has 0 radical (unpaired) electrons. The molecule has 100 valence electrons. The third-order valence-corrected chi connectivity index (χ3v) is 4.77. The highest BCUT2D eigenvalue weighted by Gasteiger charge is 2.34. The van der Waals surface area contributed by atoms with Crippen molar-refractivity contribution in [1.29, 1.82) is 0 Å². The first-order chi connectivity index (χ1) is 8.42. The van der Waals surface area contributed by atoms with Gasteiger partial charge in [-0.05, 0) is 57.7 Å². The Morgan fingerprint density at radius 1 is 0.882 bits per heavy atom.